The molecule has 0 atom stereocenters. The minimum absolute atomic E-state index is 0.0324. The molecule has 1 aliphatic rings. The Labute approximate surface area is 128 Å². The van der Waals surface area contributed by atoms with Crippen molar-refractivity contribution in [3.63, 3.8) is 0 Å². The molecule has 1 fully saturated rings. The number of guanidine groups is 1. The van der Waals surface area contributed by atoms with Crippen LogP contribution < -0.4 is 10.6 Å². The molecule has 0 unspecified atom stereocenters. The lowest BCUT2D eigenvalue weighted by molar-refractivity contribution is -0.132. The van der Waals surface area contributed by atoms with Gasteiger partial charge in [-0.15, -0.1) is 0 Å². The van der Waals surface area contributed by atoms with Gasteiger partial charge < -0.3 is 15.4 Å². The molecule has 1 heterocycles. The first kappa shape index (κ1) is 18.4. The second-order valence-corrected chi connectivity index (χ2v) is 6.26. The second-order valence-electron chi connectivity index (χ2n) is 4.99. The Balaban J connectivity index is 2.53. The van der Waals surface area contributed by atoms with Crippen LogP contribution in [0.4, 0.5) is 13.2 Å². The topological polar surface area (TPSA) is 45.7 Å². The zero-order chi connectivity index (χ0) is 15.8. The number of aliphatic imine (C=N–C) groups is 1. The summed E-state index contributed by atoms with van der Waals surface area (Å²) in [4.78, 5) is 4.45. The molecule has 0 aromatic carbocycles. The SMILES string of the molecule is CCNC(=NCC1(SC)CCOCC1)NCCC(F)(F)F. The maximum atomic E-state index is 12.2. The maximum Gasteiger partial charge on any atom is 0.390 e. The molecule has 4 nitrogen and oxygen atoms in total. The molecule has 1 aliphatic heterocycles. The first-order valence-corrected chi connectivity index (χ1v) is 8.35. The molecule has 2 N–H and O–H groups in total. The molecule has 0 aromatic heterocycles. The van der Waals surface area contributed by atoms with Crippen molar-refractivity contribution in [2.45, 2.75) is 37.1 Å². The minimum Gasteiger partial charge on any atom is -0.381 e. The van der Waals surface area contributed by atoms with Crippen molar-refractivity contribution in [3.8, 4) is 0 Å². The Morgan fingerprint density at radius 3 is 2.48 bits per heavy atom. The number of hydrogen-bond donors (Lipinski definition) is 2. The van der Waals surface area contributed by atoms with Gasteiger partial charge in [0.25, 0.3) is 0 Å². The van der Waals surface area contributed by atoms with Crippen LogP contribution >= 0.6 is 11.8 Å². The van der Waals surface area contributed by atoms with Crippen LogP contribution in [0.5, 0.6) is 0 Å². The Morgan fingerprint density at radius 1 is 1.29 bits per heavy atom. The summed E-state index contributed by atoms with van der Waals surface area (Å²) in [7, 11) is 0. The smallest absolute Gasteiger partial charge is 0.381 e. The molecule has 1 rings (SSSR count). The molecule has 0 saturated carbocycles. The molecule has 124 valence electrons. The van der Waals surface area contributed by atoms with E-state index < -0.39 is 12.6 Å². The zero-order valence-electron chi connectivity index (χ0n) is 12.6. The van der Waals surface area contributed by atoms with E-state index in [0.717, 1.165) is 12.8 Å². The van der Waals surface area contributed by atoms with Crippen molar-refractivity contribution in [1.82, 2.24) is 10.6 Å². The number of nitrogens with zero attached hydrogens (tertiary/aromatic N) is 1. The Morgan fingerprint density at radius 2 is 1.95 bits per heavy atom. The van der Waals surface area contributed by atoms with Crippen LogP contribution in [0, 0.1) is 0 Å². The molecular formula is C13H24F3N3OS. The number of halogens is 3. The Kier molecular flexibility index (Phi) is 7.65. The Hall–Kier alpha value is -0.630. The number of hydrogen-bond acceptors (Lipinski definition) is 3. The largest absolute Gasteiger partial charge is 0.390 e. The molecule has 0 aliphatic carbocycles. The van der Waals surface area contributed by atoms with Gasteiger partial charge in [-0.25, -0.2) is 0 Å². The van der Waals surface area contributed by atoms with Gasteiger partial charge in [0.1, 0.15) is 0 Å². The number of nitrogens with one attached hydrogen (secondary N) is 2. The normalized spacial score (nSPS) is 19.4. The summed E-state index contributed by atoms with van der Waals surface area (Å²) < 4.78 is 41.9. The van der Waals surface area contributed by atoms with Gasteiger partial charge in [0, 0.05) is 31.1 Å². The highest BCUT2D eigenvalue weighted by Crippen LogP contribution is 2.33. The summed E-state index contributed by atoms with van der Waals surface area (Å²) in [6, 6.07) is 0. The number of ether oxygens (including phenoxy) is 1. The monoisotopic (exact) mass is 327 g/mol. The first-order chi connectivity index (χ1) is 9.91. The van der Waals surface area contributed by atoms with Crippen LogP contribution in [0.15, 0.2) is 4.99 Å². The van der Waals surface area contributed by atoms with Gasteiger partial charge in [-0.1, -0.05) is 0 Å². The van der Waals surface area contributed by atoms with Crippen LogP contribution in [-0.4, -0.2) is 56.0 Å². The van der Waals surface area contributed by atoms with Crippen molar-refractivity contribution >= 4 is 17.7 Å². The van der Waals surface area contributed by atoms with Gasteiger partial charge in [-0.05, 0) is 26.0 Å². The van der Waals surface area contributed by atoms with Gasteiger partial charge in [0.15, 0.2) is 5.96 Å². The number of rotatable bonds is 6. The number of alkyl halides is 3. The summed E-state index contributed by atoms with van der Waals surface area (Å²) >= 11 is 1.76. The molecule has 0 radical (unpaired) electrons. The second kappa shape index (κ2) is 8.73. The van der Waals surface area contributed by atoms with Crippen LogP contribution in [0.2, 0.25) is 0 Å². The van der Waals surface area contributed by atoms with Crippen molar-refractivity contribution in [2.75, 3.05) is 39.1 Å². The van der Waals surface area contributed by atoms with E-state index >= 15 is 0 Å². The summed E-state index contributed by atoms with van der Waals surface area (Å²) in [6.45, 7) is 4.36. The zero-order valence-corrected chi connectivity index (χ0v) is 13.4. The highest BCUT2D eigenvalue weighted by molar-refractivity contribution is 8.00. The van der Waals surface area contributed by atoms with Crippen LogP contribution in [0.25, 0.3) is 0 Å². The van der Waals surface area contributed by atoms with Crippen molar-refractivity contribution < 1.29 is 17.9 Å². The molecule has 0 spiro atoms. The van der Waals surface area contributed by atoms with Gasteiger partial charge in [0.2, 0.25) is 0 Å². The average Bonchev–Trinajstić information content (AvgIpc) is 2.44. The lowest BCUT2D eigenvalue weighted by Crippen LogP contribution is -2.41. The van der Waals surface area contributed by atoms with E-state index in [0.29, 0.717) is 32.3 Å². The molecule has 0 bridgehead atoms. The maximum absolute atomic E-state index is 12.2. The third-order valence-corrected chi connectivity index (χ3v) is 4.81. The fourth-order valence-corrected chi connectivity index (χ4v) is 2.83. The summed E-state index contributed by atoms with van der Waals surface area (Å²) in [5.41, 5.74) is 0. The van der Waals surface area contributed by atoms with Crippen LogP contribution in [0.1, 0.15) is 26.2 Å². The number of thioether (sulfide) groups is 1. The molecule has 8 heteroatoms. The van der Waals surface area contributed by atoms with Gasteiger partial charge in [-0.3, -0.25) is 4.99 Å². The third kappa shape index (κ3) is 7.26. The summed E-state index contributed by atoms with van der Waals surface area (Å²) in [5.74, 6) is 0.446. The van der Waals surface area contributed by atoms with E-state index in [4.69, 9.17) is 4.74 Å². The first-order valence-electron chi connectivity index (χ1n) is 7.12. The van der Waals surface area contributed by atoms with Crippen LogP contribution in [0.3, 0.4) is 0 Å². The van der Waals surface area contributed by atoms with Crippen molar-refractivity contribution in [3.05, 3.63) is 0 Å². The average molecular weight is 327 g/mol. The van der Waals surface area contributed by atoms with E-state index in [2.05, 4.69) is 15.6 Å². The molecule has 1 saturated heterocycles. The van der Waals surface area contributed by atoms with Crippen LogP contribution in [-0.2, 0) is 4.74 Å². The van der Waals surface area contributed by atoms with E-state index in [-0.39, 0.29) is 11.3 Å². The molecule has 0 aromatic rings. The molecular weight excluding hydrogens is 303 g/mol. The summed E-state index contributed by atoms with van der Waals surface area (Å²) in [6.07, 6.45) is -1.13. The lowest BCUT2D eigenvalue weighted by atomic mass is 9.99. The van der Waals surface area contributed by atoms with E-state index in [9.17, 15) is 13.2 Å². The van der Waals surface area contributed by atoms with Gasteiger partial charge in [-0.2, -0.15) is 24.9 Å². The Bertz CT molecular complexity index is 331. The van der Waals surface area contributed by atoms with E-state index in [1.165, 1.54) is 0 Å². The lowest BCUT2D eigenvalue weighted by Gasteiger charge is -2.34. The summed E-state index contributed by atoms with van der Waals surface area (Å²) in [5, 5.41) is 5.72. The highest BCUT2D eigenvalue weighted by atomic mass is 32.2. The standard InChI is InChI=1S/C13H24F3N3OS/c1-3-17-11(18-7-4-13(14,15)16)19-10-12(21-2)5-8-20-9-6-12/h3-10H2,1-2H3,(H2,17,18,19). The van der Waals surface area contributed by atoms with Gasteiger partial charge in [0.05, 0.1) is 13.0 Å². The molecule has 21 heavy (non-hydrogen) atoms. The van der Waals surface area contributed by atoms with E-state index in [1.807, 2.05) is 13.2 Å². The van der Waals surface area contributed by atoms with Gasteiger partial charge >= 0.3 is 6.18 Å². The third-order valence-electron chi connectivity index (χ3n) is 3.41. The predicted octanol–water partition coefficient (Wildman–Crippen LogP) is 2.41. The minimum atomic E-state index is -4.15. The van der Waals surface area contributed by atoms with Crippen molar-refractivity contribution in [1.29, 1.82) is 0 Å². The fraction of sp³-hybridized carbons (Fsp3) is 0.923. The fourth-order valence-electron chi connectivity index (χ4n) is 2.06. The highest BCUT2D eigenvalue weighted by Gasteiger charge is 2.31. The quantitative estimate of drug-likeness (QED) is 0.581. The predicted molar refractivity (Wildman–Crippen MR) is 81.0 cm³/mol. The van der Waals surface area contributed by atoms with Crippen molar-refractivity contribution in [2.24, 2.45) is 4.99 Å². The molecule has 0 amide bonds. The van der Waals surface area contributed by atoms with E-state index in [1.54, 1.807) is 11.8 Å².